The Morgan fingerprint density at radius 1 is 1.10 bits per heavy atom. The first-order chi connectivity index (χ1) is 13.7. The van der Waals surface area contributed by atoms with Crippen molar-refractivity contribution in [1.29, 1.82) is 0 Å². The van der Waals surface area contributed by atoms with Crippen molar-refractivity contribution in [2.45, 2.75) is 31.0 Å². The van der Waals surface area contributed by atoms with Gasteiger partial charge in [0.15, 0.2) is 0 Å². The highest BCUT2D eigenvalue weighted by Crippen LogP contribution is 2.19. The fourth-order valence-electron chi connectivity index (χ4n) is 2.78. The molecule has 0 aliphatic rings. The number of hydrogen-bond acceptors (Lipinski definition) is 6. The Labute approximate surface area is 171 Å². The van der Waals surface area contributed by atoms with Crippen LogP contribution in [-0.2, 0) is 25.6 Å². The van der Waals surface area contributed by atoms with E-state index in [2.05, 4.69) is 28.2 Å². The smallest absolute Gasteiger partial charge is 0.327 e. The Kier molecular flexibility index (Phi) is 7.62. The van der Waals surface area contributed by atoms with Crippen LogP contribution in [0.15, 0.2) is 30.5 Å². The zero-order valence-corrected chi connectivity index (χ0v) is 16.3. The van der Waals surface area contributed by atoms with E-state index in [0.717, 1.165) is 16.5 Å². The summed E-state index contributed by atoms with van der Waals surface area (Å²) in [6.45, 7) is 0. The lowest BCUT2D eigenvalue weighted by atomic mass is 10.0. The zero-order chi connectivity index (χ0) is 21.6. The quantitative estimate of drug-likeness (QED) is 0.239. The average molecular weight is 421 g/mol. The van der Waals surface area contributed by atoms with Gasteiger partial charge in [0.05, 0.1) is 12.5 Å². The Hall–Kier alpha value is -3.05. The van der Waals surface area contributed by atoms with Gasteiger partial charge in [0, 0.05) is 29.3 Å². The largest absolute Gasteiger partial charge is 0.480 e. The van der Waals surface area contributed by atoms with Gasteiger partial charge in [-0.1, -0.05) is 18.2 Å². The number of nitrogens with two attached hydrogens (primary N) is 2. The van der Waals surface area contributed by atoms with E-state index in [-0.39, 0.29) is 18.6 Å². The molecule has 3 unspecified atom stereocenters. The molecule has 2 rings (SSSR count). The number of carbonyl (C=O) groups excluding carboxylic acids is 3. The lowest BCUT2D eigenvalue weighted by molar-refractivity contribution is -0.141. The summed E-state index contributed by atoms with van der Waals surface area (Å²) in [5, 5.41) is 14.8. The number of primary amides is 1. The third-order valence-electron chi connectivity index (χ3n) is 4.29. The van der Waals surface area contributed by atoms with Crippen LogP contribution in [0.1, 0.15) is 12.0 Å². The first-order valence-corrected chi connectivity index (χ1v) is 9.39. The Morgan fingerprint density at radius 2 is 1.76 bits per heavy atom. The summed E-state index contributed by atoms with van der Waals surface area (Å²) in [6.07, 6.45) is 1.39. The lowest BCUT2D eigenvalue weighted by Gasteiger charge is -2.22. The molecule has 3 atom stereocenters. The summed E-state index contributed by atoms with van der Waals surface area (Å²) in [4.78, 5) is 50.3. The van der Waals surface area contributed by atoms with Crippen LogP contribution in [0.25, 0.3) is 10.9 Å². The number of carbonyl (C=O) groups is 4. The fraction of sp³-hybridized carbons (Fsp3) is 0.333. The summed E-state index contributed by atoms with van der Waals surface area (Å²) in [7, 11) is 0. The van der Waals surface area contributed by atoms with Crippen molar-refractivity contribution >= 4 is 47.2 Å². The molecule has 29 heavy (non-hydrogen) atoms. The first kappa shape index (κ1) is 22.2. The van der Waals surface area contributed by atoms with E-state index in [0.29, 0.717) is 0 Å². The molecule has 0 aliphatic heterocycles. The highest BCUT2D eigenvalue weighted by molar-refractivity contribution is 7.80. The van der Waals surface area contributed by atoms with Crippen molar-refractivity contribution in [3.63, 3.8) is 0 Å². The predicted molar refractivity (Wildman–Crippen MR) is 109 cm³/mol. The highest BCUT2D eigenvalue weighted by Gasteiger charge is 2.28. The van der Waals surface area contributed by atoms with Gasteiger partial charge in [-0.05, 0) is 11.6 Å². The molecule has 1 aromatic heterocycles. The number of rotatable bonds is 10. The number of thiol groups is 1. The minimum absolute atomic E-state index is 0.0732. The first-order valence-electron chi connectivity index (χ1n) is 8.76. The maximum atomic E-state index is 12.7. The molecule has 156 valence electrons. The van der Waals surface area contributed by atoms with Crippen LogP contribution in [0, 0.1) is 0 Å². The number of hydrogen-bond donors (Lipinski definition) is 7. The van der Waals surface area contributed by atoms with Gasteiger partial charge < -0.3 is 32.2 Å². The molecule has 11 heteroatoms. The molecule has 0 radical (unpaired) electrons. The molecule has 10 nitrogen and oxygen atoms in total. The number of para-hydroxylation sites is 1. The van der Waals surface area contributed by atoms with Gasteiger partial charge in [0.25, 0.3) is 0 Å². The number of amides is 3. The molecular weight excluding hydrogens is 398 g/mol. The Morgan fingerprint density at radius 3 is 2.38 bits per heavy atom. The topological polar surface area (TPSA) is 180 Å². The number of aromatic amines is 1. The van der Waals surface area contributed by atoms with Crippen molar-refractivity contribution in [1.82, 2.24) is 15.6 Å². The van der Waals surface area contributed by atoms with Gasteiger partial charge >= 0.3 is 5.97 Å². The Balaban J connectivity index is 2.24. The van der Waals surface area contributed by atoms with Gasteiger partial charge in [-0.15, -0.1) is 0 Å². The van der Waals surface area contributed by atoms with Gasteiger partial charge in [-0.3, -0.25) is 14.4 Å². The van der Waals surface area contributed by atoms with Crippen LogP contribution in [0.3, 0.4) is 0 Å². The second kappa shape index (κ2) is 9.94. The van der Waals surface area contributed by atoms with Crippen LogP contribution in [0.2, 0.25) is 0 Å². The van der Waals surface area contributed by atoms with Crippen molar-refractivity contribution in [2.75, 3.05) is 5.75 Å². The molecule has 2 aromatic rings. The van der Waals surface area contributed by atoms with Crippen LogP contribution in [0.4, 0.5) is 0 Å². The molecular formula is C18H23N5O5S. The third-order valence-corrected chi connectivity index (χ3v) is 4.65. The number of benzene rings is 1. The van der Waals surface area contributed by atoms with E-state index in [1.54, 1.807) is 6.20 Å². The van der Waals surface area contributed by atoms with E-state index in [1.807, 2.05) is 24.3 Å². The average Bonchev–Trinajstić information content (AvgIpc) is 3.07. The molecule has 0 saturated heterocycles. The molecule has 1 aromatic carbocycles. The van der Waals surface area contributed by atoms with Crippen LogP contribution < -0.4 is 22.1 Å². The molecule has 0 spiro atoms. The number of carboxylic acid groups (broad SMARTS) is 1. The second-order valence-corrected chi connectivity index (χ2v) is 6.85. The fourth-order valence-corrected chi connectivity index (χ4v) is 3.02. The van der Waals surface area contributed by atoms with Gasteiger partial charge in [-0.25, -0.2) is 4.79 Å². The predicted octanol–water partition coefficient (Wildman–Crippen LogP) is -1.10. The molecule has 0 saturated carbocycles. The number of nitrogens with one attached hydrogen (secondary N) is 3. The molecule has 1 heterocycles. The number of aliphatic carboxylic acids is 1. The van der Waals surface area contributed by atoms with Gasteiger partial charge in [0.1, 0.15) is 12.1 Å². The van der Waals surface area contributed by atoms with Gasteiger partial charge in [0.2, 0.25) is 17.7 Å². The summed E-state index contributed by atoms with van der Waals surface area (Å²) in [5.74, 6) is -3.60. The van der Waals surface area contributed by atoms with Crippen molar-refractivity contribution in [3.8, 4) is 0 Å². The van der Waals surface area contributed by atoms with E-state index in [4.69, 9.17) is 16.6 Å². The monoisotopic (exact) mass is 421 g/mol. The summed E-state index contributed by atoms with van der Waals surface area (Å²) >= 11 is 3.92. The number of fused-ring (bicyclic) bond motifs is 1. The molecule has 8 N–H and O–H groups in total. The lowest BCUT2D eigenvalue weighted by Crippen LogP contribution is -2.56. The minimum atomic E-state index is -1.25. The molecule has 0 aliphatic carbocycles. The van der Waals surface area contributed by atoms with Crippen LogP contribution >= 0.6 is 12.6 Å². The maximum absolute atomic E-state index is 12.7. The van der Waals surface area contributed by atoms with E-state index >= 15 is 0 Å². The van der Waals surface area contributed by atoms with E-state index in [9.17, 15) is 19.2 Å². The zero-order valence-electron chi connectivity index (χ0n) is 15.4. The van der Waals surface area contributed by atoms with Gasteiger partial charge in [-0.2, -0.15) is 12.6 Å². The summed E-state index contributed by atoms with van der Waals surface area (Å²) < 4.78 is 0. The highest BCUT2D eigenvalue weighted by atomic mass is 32.1. The summed E-state index contributed by atoms with van der Waals surface area (Å²) in [6, 6.07) is 3.81. The van der Waals surface area contributed by atoms with Crippen LogP contribution in [0.5, 0.6) is 0 Å². The normalized spacial score (nSPS) is 14.0. The second-order valence-electron chi connectivity index (χ2n) is 6.48. The van der Waals surface area contributed by atoms with Crippen molar-refractivity contribution in [3.05, 3.63) is 36.0 Å². The minimum Gasteiger partial charge on any atom is -0.480 e. The third kappa shape index (κ3) is 5.96. The maximum Gasteiger partial charge on any atom is 0.327 e. The van der Waals surface area contributed by atoms with Crippen molar-refractivity contribution < 1.29 is 24.3 Å². The van der Waals surface area contributed by atoms with E-state index in [1.165, 1.54) is 0 Å². The standard InChI is InChI=1S/C18H23N5O5S/c19-11(6-15(20)24)16(25)22-13(17(26)23-14(8-29)18(27)28)5-9-7-21-12-4-2-1-3-10(9)12/h1-4,7,11,13-14,21,29H,5-6,8,19H2,(H2,20,24)(H,22,25)(H,23,26)(H,27,28). The molecule has 3 amide bonds. The molecule has 0 fully saturated rings. The number of aromatic nitrogens is 1. The van der Waals surface area contributed by atoms with Crippen molar-refractivity contribution in [2.24, 2.45) is 11.5 Å². The number of carboxylic acids is 1. The SMILES string of the molecule is NC(=O)CC(N)C(=O)NC(Cc1c[nH]c2ccccc12)C(=O)NC(CS)C(=O)O. The van der Waals surface area contributed by atoms with E-state index < -0.39 is 41.8 Å². The molecule has 0 bridgehead atoms. The summed E-state index contributed by atoms with van der Waals surface area (Å²) in [5.41, 5.74) is 12.3. The van der Waals surface area contributed by atoms with Crippen LogP contribution in [-0.4, -0.2) is 57.7 Å². The Bertz CT molecular complexity index is 915. The number of H-pyrrole nitrogens is 1.